The molecule has 5 nitrogen and oxygen atoms in total. The number of carbonyl (C=O) groups is 2. The smallest absolute Gasteiger partial charge is 0.318 e. The summed E-state index contributed by atoms with van der Waals surface area (Å²) in [6.45, 7) is 7.37. The lowest BCUT2D eigenvalue weighted by Crippen LogP contribution is -2.32. The van der Waals surface area contributed by atoms with E-state index in [4.69, 9.17) is 0 Å². The van der Waals surface area contributed by atoms with Gasteiger partial charge in [0.25, 0.3) is 0 Å². The van der Waals surface area contributed by atoms with Crippen molar-refractivity contribution in [2.45, 2.75) is 27.7 Å². The number of aryl methyl sites for hydroxylation is 2. The Morgan fingerprint density at radius 2 is 1.72 bits per heavy atom. The van der Waals surface area contributed by atoms with Crippen molar-refractivity contribution in [1.82, 2.24) is 5.43 Å². The highest BCUT2D eigenvalue weighted by Gasteiger charge is 2.13. The van der Waals surface area contributed by atoms with Gasteiger partial charge in [0.15, 0.2) is 0 Å². The van der Waals surface area contributed by atoms with Gasteiger partial charge >= 0.3 is 11.8 Å². The minimum absolute atomic E-state index is 0.593. The van der Waals surface area contributed by atoms with E-state index < -0.39 is 11.8 Å². The number of hydrazone groups is 1. The summed E-state index contributed by atoms with van der Waals surface area (Å²) in [6.07, 6.45) is 0. The molecule has 0 unspecified atom stereocenters. The molecule has 0 heterocycles. The molecule has 0 radical (unpaired) electrons. The Bertz CT molecular complexity index is 503. The maximum atomic E-state index is 11.5. The molecule has 0 atom stereocenters. The highest BCUT2D eigenvalue weighted by atomic mass is 16.2. The lowest BCUT2D eigenvalue weighted by atomic mass is 10.1. The van der Waals surface area contributed by atoms with E-state index in [-0.39, 0.29) is 0 Å². The molecule has 1 rings (SSSR count). The molecule has 1 aromatic carbocycles. The molecule has 0 saturated carbocycles. The van der Waals surface area contributed by atoms with Gasteiger partial charge in [-0.05, 0) is 51.0 Å². The van der Waals surface area contributed by atoms with Crippen LogP contribution in [0.3, 0.4) is 0 Å². The van der Waals surface area contributed by atoms with Crippen molar-refractivity contribution in [3.8, 4) is 0 Å². The topological polar surface area (TPSA) is 70.6 Å². The van der Waals surface area contributed by atoms with Crippen molar-refractivity contribution in [1.29, 1.82) is 0 Å². The van der Waals surface area contributed by atoms with Crippen molar-refractivity contribution >= 4 is 23.2 Å². The standard InChI is InChI=1S/C13H17N3O2/c1-8(2)15-16-13(18)12(17)14-11-6-5-9(3)10(4)7-11/h5-7H,1-4H3,(H,14,17)(H,16,18). The van der Waals surface area contributed by atoms with E-state index in [0.29, 0.717) is 11.4 Å². The van der Waals surface area contributed by atoms with Gasteiger partial charge in [-0.25, -0.2) is 5.43 Å². The van der Waals surface area contributed by atoms with Crippen LogP contribution in [0.2, 0.25) is 0 Å². The van der Waals surface area contributed by atoms with E-state index in [0.717, 1.165) is 11.1 Å². The summed E-state index contributed by atoms with van der Waals surface area (Å²) in [6, 6.07) is 5.45. The monoisotopic (exact) mass is 247 g/mol. The highest BCUT2D eigenvalue weighted by Crippen LogP contribution is 2.13. The third-order valence-corrected chi connectivity index (χ3v) is 2.35. The van der Waals surface area contributed by atoms with Crippen molar-refractivity contribution in [2.24, 2.45) is 5.10 Å². The Labute approximate surface area is 106 Å². The summed E-state index contributed by atoms with van der Waals surface area (Å²) in [5, 5.41) is 6.19. The second kappa shape index (κ2) is 5.95. The molecule has 0 bridgehead atoms. The van der Waals surface area contributed by atoms with Crippen LogP contribution >= 0.6 is 0 Å². The number of anilines is 1. The number of benzene rings is 1. The third-order valence-electron chi connectivity index (χ3n) is 2.35. The minimum atomic E-state index is -0.783. The van der Waals surface area contributed by atoms with Gasteiger partial charge in [0, 0.05) is 11.4 Å². The predicted molar refractivity (Wildman–Crippen MR) is 71.5 cm³/mol. The van der Waals surface area contributed by atoms with Gasteiger partial charge in [0.2, 0.25) is 0 Å². The molecule has 0 aromatic heterocycles. The number of rotatable bonds is 2. The zero-order valence-corrected chi connectivity index (χ0v) is 11.0. The van der Waals surface area contributed by atoms with Gasteiger partial charge in [0.05, 0.1) is 0 Å². The number of hydrogen-bond acceptors (Lipinski definition) is 3. The average molecular weight is 247 g/mol. The Hall–Kier alpha value is -2.17. The average Bonchev–Trinajstić information content (AvgIpc) is 2.30. The van der Waals surface area contributed by atoms with E-state index in [9.17, 15) is 9.59 Å². The normalized spacial score (nSPS) is 9.56. The molecular weight excluding hydrogens is 230 g/mol. The Morgan fingerprint density at radius 3 is 2.28 bits per heavy atom. The van der Waals surface area contributed by atoms with Crippen LogP contribution in [-0.2, 0) is 9.59 Å². The van der Waals surface area contributed by atoms with Crippen LogP contribution in [0.25, 0.3) is 0 Å². The van der Waals surface area contributed by atoms with Gasteiger partial charge < -0.3 is 5.32 Å². The SMILES string of the molecule is CC(C)=NNC(=O)C(=O)Nc1ccc(C)c(C)c1. The van der Waals surface area contributed by atoms with E-state index in [1.54, 1.807) is 19.9 Å². The molecule has 0 aliphatic heterocycles. The summed E-state index contributed by atoms with van der Waals surface area (Å²) in [5.41, 5.74) is 5.61. The molecule has 1 aromatic rings. The van der Waals surface area contributed by atoms with E-state index >= 15 is 0 Å². The van der Waals surface area contributed by atoms with Gasteiger partial charge in [-0.15, -0.1) is 0 Å². The fourth-order valence-electron chi connectivity index (χ4n) is 1.22. The summed E-state index contributed by atoms with van der Waals surface area (Å²) in [4.78, 5) is 22.9. The van der Waals surface area contributed by atoms with Crippen molar-refractivity contribution in [3.63, 3.8) is 0 Å². The molecule has 0 saturated heterocycles. The van der Waals surface area contributed by atoms with E-state index in [2.05, 4.69) is 15.8 Å². The molecular formula is C13H17N3O2. The molecule has 0 aliphatic rings. The lowest BCUT2D eigenvalue weighted by Gasteiger charge is -2.06. The second-order valence-electron chi connectivity index (χ2n) is 4.25. The quantitative estimate of drug-likeness (QED) is 0.475. The van der Waals surface area contributed by atoms with Gasteiger partial charge in [-0.1, -0.05) is 6.07 Å². The summed E-state index contributed by atoms with van der Waals surface area (Å²) >= 11 is 0. The summed E-state index contributed by atoms with van der Waals surface area (Å²) in [5.74, 6) is -1.52. The van der Waals surface area contributed by atoms with Crippen LogP contribution < -0.4 is 10.7 Å². The van der Waals surface area contributed by atoms with E-state index in [1.165, 1.54) is 0 Å². The number of amides is 2. The van der Waals surface area contributed by atoms with Crippen molar-refractivity contribution < 1.29 is 9.59 Å². The number of nitrogens with zero attached hydrogens (tertiary/aromatic N) is 1. The van der Waals surface area contributed by atoms with Crippen LogP contribution in [0.1, 0.15) is 25.0 Å². The minimum Gasteiger partial charge on any atom is -0.318 e. The second-order valence-corrected chi connectivity index (χ2v) is 4.25. The Balaban J connectivity index is 2.67. The largest absolute Gasteiger partial charge is 0.329 e. The first-order chi connectivity index (χ1) is 8.40. The predicted octanol–water partition coefficient (Wildman–Crippen LogP) is 1.75. The van der Waals surface area contributed by atoms with Crippen molar-refractivity contribution in [2.75, 3.05) is 5.32 Å². The molecule has 0 fully saturated rings. The first kappa shape index (κ1) is 13.9. The van der Waals surface area contributed by atoms with Crippen LogP contribution in [-0.4, -0.2) is 17.5 Å². The molecule has 2 N–H and O–H groups in total. The highest BCUT2D eigenvalue weighted by molar-refractivity contribution is 6.39. The first-order valence-corrected chi connectivity index (χ1v) is 5.59. The molecule has 2 amide bonds. The Kier molecular flexibility index (Phi) is 4.59. The Morgan fingerprint density at radius 1 is 1.06 bits per heavy atom. The third kappa shape index (κ3) is 4.01. The van der Waals surface area contributed by atoms with Gasteiger partial charge in [0.1, 0.15) is 0 Å². The van der Waals surface area contributed by atoms with Crippen LogP contribution in [0, 0.1) is 13.8 Å². The molecule has 18 heavy (non-hydrogen) atoms. The fourth-order valence-corrected chi connectivity index (χ4v) is 1.22. The van der Waals surface area contributed by atoms with Crippen LogP contribution in [0.5, 0.6) is 0 Å². The summed E-state index contributed by atoms with van der Waals surface area (Å²) < 4.78 is 0. The molecule has 0 spiro atoms. The molecule has 96 valence electrons. The number of hydrogen-bond donors (Lipinski definition) is 2. The van der Waals surface area contributed by atoms with Gasteiger partial charge in [-0.3, -0.25) is 9.59 Å². The van der Waals surface area contributed by atoms with Gasteiger partial charge in [-0.2, -0.15) is 5.10 Å². The first-order valence-electron chi connectivity index (χ1n) is 5.59. The molecule has 5 heteroatoms. The summed E-state index contributed by atoms with van der Waals surface area (Å²) in [7, 11) is 0. The fraction of sp³-hybridized carbons (Fsp3) is 0.308. The van der Waals surface area contributed by atoms with Crippen LogP contribution in [0.4, 0.5) is 5.69 Å². The maximum absolute atomic E-state index is 11.5. The molecule has 0 aliphatic carbocycles. The van der Waals surface area contributed by atoms with Crippen LogP contribution in [0.15, 0.2) is 23.3 Å². The maximum Gasteiger partial charge on any atom is 0.329 e. The van der Waals surface area contributed by atoms with Crippen molar-refractivity contribution in [3.05, 3.63) is 29.3 Å². The number of nitrogens with one attached hydrogen (secondary N) is 2. The van der Waals surface area contributed by atoms with E-state index in [1.807, 2.05) is 26.0 Å². The zero-order valence-electron chi connectivity index (χ0n) is 11.0. The number of carbonyl (C=O) groups excluding carboxylic acids is 2. The lowest BCUT2D eigenvalue weighted by molar-refractivity contribution is -0.136. The zero-order chi connectivity index (χ0) is 13.7.